The summed E-state index contributed by atoms with van der Waals surface area (Å²) in [6.45, 7) is 0. The predicted octanol–water partition coefficient (Wildman–Crippen LogP) is 12.4. The Kier molecular flexibility index (Phi) is 5.91. The number of fused-ring (bicyclic) bond motifs is 10. The van der Waals surface area contributed by atoms with Gasteiger partial charge in [0.25, 0.3) is 0 Å². The zero-order valence-electron chi connectivity index (χ0n) is 26.2. The number of para-hydroxylation sites is 3. The van der Waals surface area contributed by atoms with Gasteiger partial charge in [-0.2, -0.15) is 0 Å². The highest BCUT2D eigenvalue weighted by atomic mass is 15.0. The quantitative estimate of drug-likeness (QED) is 0.188. The summed E-state index contributed by atoms with van der Waals surface area (Å²) in [5.74, 6) is 0. The van der Waals surface area contributed by atoms with Gasteiger partial charge in [0.05, 0.1) is 22.1 Å². The molecular formula is C46H30N2. The number of rotatable bonds is 4. The van der Waals surface area contributed by atoms with Gasteiger partial charge in [-0.1, -0.05) is 140 Å². The van der Waals surface area contributed by atoms with Crippen LogP contribution in [0.4, 0.5) is 0 Å². The first-order chi connectivity index (χ1) is 23.8. The van der Waals surface area contributed by atoms with Crippen LogP contribution in [-0.4, -0.2) is 9.13 Å². The van der Waals surface area contributed by atoms with Crippen LogP contribution < -0.4 is 0 Å². The summed E-state index contributed by atoms with van der Waals surface area (Å²) < 4.78 is 4.99. The minimum Gasteiger partial charge on any atom is -0.309 e. The van der Waals surface area contributed by atoms with Crippen LogP contribution >= 0.6 is 0 Å². The van der Waals surface area contributed by atoms with E-state index in [4.69, 9.17) is 0 Å². The SMILES string of the molecule is c1ccc(-c2cc(-c3ccccc3)cc(-n3c4ccccc4c4c5ccccc5c5c(c6ccccc6n5-c5ccccc5)c43)c2)cc1. The third kappa shape index (κ3) is 3.93. The van der Waals surface area contributed by atoms with Gasteiger partial charge in [0.2, 0.25) is 0 Å². The van der Waals surface area contributed by atoms with Crippen LogP contribution in [0.1, 0.15) is 0 Å². The molecule has 0 spiro atoms. The van der Waals surface area contributed by atoms with Gasteiger partial charge in [-0.15, -0.1) is 0 Å². The molecule has 0 saturated heterocycles. The maximum Gasteiger partial charge on any atom is 0.0647 e. The first kappa shape index (κ1) is 26.8. The lowest BCUT2D eigenvalue weighted by molar-refractivity contribution is 1.18. The highest BCUT2D eigenvalue weighted by Gasteiger charge is 2.24. The Bertz CT molecular complexity index is 2750. The highest BCUT2D eigenvalue weighted by molar-refractivity contribution is 6.36. The van der Waals surface area contributed by atoms with Crippen LogP contribution in [0.3, 0.4) is 0 Å². The molecule has 0 amide bonds. The molecule has 10 rings (SSSR count). The lowest BCUT2D eigenvalue weighted by Gasteiger charge is -2.15. The van der Waals surface area contributed by atoms with E-state index < -0.39 is 0 Å². The molecule has 0 aliphatic carbocycles. The molecule has 0 N–H and O–H groups in total. The average Bonchev–Trinajstić information content (AvgIpc) is 3.70. The molecule has 0 atom stereocenters. The molecule has 0 radical (unpaired) electrons. The second kappa shape index (κ2) is 10.6. The Morgan fingerprint density at radius 1 is 0.271 bits per heavy atom. The van der Waals surface area contributed by atoms with Gasteiger partial charge in [0.1, 0.15) is 0 Å². The van der Waals surface area contributed by atoms with Crippen molar-refractivity contribution in [1.29, 1.82) is 0 Å². The fourth-order valence-corrected chi connectivity index (χ4v) is 7.84. The van der Waals surface area contributed by atoms with Gasteiger partial charge in [0.15, 0.2) is 0 Å². The van der Waals surface area contributed by atoms with Gasteiger partial charge in [0, 0.05) is 38.3 Å². The lowest BCUT2D eigenvalue weighted by atomic mass is 9.97. The summed E-state index contributed by atoms with van der Waals surface area (Å²) in [5.41, 5.74) is 12.0. The summed E-state index contributed by atoms with van der Waals surface area (Å²) in [6.07, 6.45) is 0. The van der Waals surface area contributed by atoms with Crippen molar-refractivity contribution in [3.05, 3.63) is 182 Å². The number of nitrogens with zero attached hydrogens (tertiary/aromatic N) is 2. The molecule has 2 heterocycles. The summed E-state index contributed by atoms with van der Waals surface area (Å²) in [7, 11) is 0. The van der Waals surface area contributed by atoms with Crippen molar-refractivity contribution in [2.45, 2.75) is 0 Å². The molecule has 2 nitrogen and oxygen atoms in total. The third-order valence-corrected chi connectivity index (χ3v) is 9.84. The first-order valence-electron chi connectivity index (χ1n) is 16.5. The molecule has 2 aromatic heterocycles. The molecule has 10 aromatic rings. The Morgan fingerprint density at radius 2 is 0.708 bits per heavy atom. The Hall–Kier alpha value is -6.38. The van der Waals surface area contributed by atoms with Crippen LogP contribution in [0, 0.1) is 0 Å². The van der Waals surface area contributed by atoms with Crippen molar-refractivity contribution in [1.82, 2.24) is 9.13 Å². The van der Waals surface area contributed by atoms with Crippen LogP contribution in [0.15, 0.2) is 182 Å². The molecular weight excluding hydrogens is 581 g/mol. The molecule has 0 unspecified atom stereocenters. The van der Waals surface area contributed by atoms with Crippen molar-refractivity contribution < 1.29 is 0 Å². The van der Waals surface area contributed by atoms with Gasteiger partial charge in [-0.05, 0) is 70.1 Å². The highest BCUT2D eigenvalue weighted by Crippen LogP contribution is 2.47. The third-order valence-electron chi connectivity index (χ3n) is 9.84. The van der Waals surface area contributed by atoms with Crippen molar-refractivity contribution in [3.8, 4) is 33.6 Å². The van der Waals surface area contributed by atoms with E-state index in [0.717, 1.165) is 11.4 Å². The van der Waals surface area contributed by atoms with E-state index in [1.54, 1.807) is 0 Å². The van der Waals surface area contributed by atoms with Crippen LogP contribution in [-0.2, 0) is 0 Å². The van der Waals surface area contributed by atoms with E-state index in [0.29, 0.717) is 0 Å². The Balaban J connectivity index is 1.45. The minimum absolute atomic E-state index is 1.15. The van der Waals surface area contributed by atoms with Crippen molar-refractivity contribution in [3.63, 3.8) is 0 Å². The second-order valence-corrected chi connectivity index (χ2v) is 12.5. The smallest absolute Gasteiger partial charge is 0.0647 e. The fraction of sp³-hybridized carbons (Fsp3) is 0. The average molecular weight is 611 g/mol. The zero-order valence-corrected chi connectivity index (χ0v) is 26.2. The number of hydrogen-bond acceptors (Lipinski definition) is 0. The number of aromatic nitrogens is 2. The van der Waals surface area contributed by atoms with E-state index in [-0.39, 0.29) is 0 Å². The molecule has 0 saturated carbocycles. The molecule has 0 fully saturated rings. The normalized spacial score (nSPS) is 11.8. The van der Waals surface area contributed by atoms with Gasteiger partial charge >= 0.3 is 0 Å². The van der Waals surface area contributed by atoms with E-state index in [1.165, 1.54) is 76.6 Å². The van der Waals surface area contributed by atoms with E-state index in [2.05, 4.69) is 191 Å². The Labute approximate surface area is 278 Å². The Morgan fingerprint density at radius 3 is 1.29 bits per heavy atom. The molecule has 0 aliphatic rings. The van der Waals surface area contributed by atoms with E-state index in [1.807, 2.05) is 0 Å². The summed E-state index contributed by atoms with van der Waals surface area (Å²) >= 11 is 0. The van der Waals surface area contributed by atoms with E-state index >= 15 is 0 Å². The molecule has 2 heteroatoms. The van der Waals surface area contributed by atoms with Crippen molar-refractivity contribution >= 4 is 54.4 Å². The van der Waals surface area contributed by atoms with Crippen molar-refractivity contribution in [2.24, 2.45) is 0 Å². The van der Waals surface area contributed by atoms with Crippen LogP contribution in [0.2, 0.25) is 0 Å². The maximum absolute atomic E-state index is 2.53. The monoisotopic (exact) mass is 610 g/mol. The largest absolute Gasteiger partial charge is 0.309 e. The minimum atomic E-state index is 1.15. The summed E-state index contributed by atoms with van der Waals surface area (Å²) in [5, 5.41) is 7.58. The maximum atomic E-state index is 2.53. The molecule has 8 aromatic carbocycles. The summed E-state index contributed by atoms with van der Waals surface area (Å²) in [6, 6.07) is 66.1. The standard InChI is InChI=1S/C46H30N2/c1-4-16-31(17-5-1)33-28-34(32-18-6-2-7-19-32)30-36(29-33)48-41-26-14-12-24-39(41)43-37-22-10-11-23-38(37)45-44(46(43)48)40-25-13-15-27-42(40)47(45)35-20-8-3-9-21-35/h1-30H. The van der Waals surface area contributed by atoms with Gasteiger partial charge in [-0.3, -0.25) is 0 Å². The molecule has 48 heavy (non-hydrogen) atoms. The second-order valence-electron chi connectivity index (χ2n) is 12.5. The number of benzene rings is 8. The summed E-state index contributed by atoms with van der Waals surface area (Å²) in [4.78, 5) is 0. The first-order valence-corrected chi connectivity index (χ1v) is 16.5. The molecule has 224 valence electrons. The van der Waals surface area contributed by atoms with Crippen molar-refractivity contribution in [2.75, 3.05) is 0 Å². The zero-order chi connectivity index (χ0) is 31.6. The fourth-order valence-electron chi connectivity index (χ4n) is 7.84. The van der Waals surface area contributed by atoms with Gasteiger partial charge in [-0.25, -0.2) is 0 Å². The van der Waals surface area contributed by atoms with Gasteiger partial charge < -0.3 is 9.13 Å². The van der Waals surface area contributed by atoms with Crippen LogP contribution in [0.25, 0.3) is 88.0 Å². The van der Waals surface area contributed by atoms with E-state index in [9.17, 15) is 0 Å². The molecule has 0 bridgehead atoms. The topological polar surface area (TPSA) is 9.86 Å². The molecule has 0 aliphatic heterocycles. The number of hydrogen-bond donors (Lipinski definition) is 0. The predicted molar refractivity (Wildman–Crippen MR) is 203 cm³/mol. The lowest BCUT2D eigenvalue weighted by Crippen LogP contribution is -1.97. The van der Waals surface area contributed by atoms with Crippen LogP contribution in [0.5, 0.6) is 0 Å².